The van der Waals surface area contributed by atoms with Crippen LogP contribution in [0.15, 0.2) is 5.83 Å². The molecule has 2 aliphatic carbocycles. The first-order valence-corrected chi connectivity index (χ1v) is 9.25. The summed E-state index contributed by atoms with van der Waals surface area (Å²) in [4.78, 5) is 11.7. The van der Waals surface area contributed by atoms with E-state index in [4.69, 9.17) is 0 Å². The third-order valence-electron chi connectivity index (χ3n) is 4.96. The summed E-state index contributed by atoms with van der Waals surface area (Å²) >= 11 is 0. The fourth-order valence-corrected chi connectivity index (χ4v) is 3.31. The second kappa shape index (κ2) is 7.96. The van der Waals surface area contributed by atoms with Crippen molar-refractivity contribution in [3.8, 4) is 0 Å². The summed E-state index contributed by atoms with van der Waals surface area (Å²) in [5.74, 6) is -4.62. The maximum absolute atomic E-state index is 14.4. The number of hydrogen-bond acceptors (Lipinski definition) is 6. The van der Waals surface area contributed by atoms with Gasteiger partial charge < -0.3 is 15.7 Å². The Bertz CT molecular complexity index is 784. The Labute approximate surface area is 162 Å². The van der Waals surface area contributed by atoms with Gasteiger partial charge in [-0.05, 0) is 32.6 Å². The number of nitrogens with zero attached hydrogens (tertiary/aromatic N) is 3. The number of halogens is 6. The average Bonchev–Trinajstić information content (AvgIpc) is 2.94. The van der Waals surface area contributed by atoms with Crippen molar-refractivity contribution in [3.05, 3.63) is 11.7 Å². The number of hydrogen-bond donors (Lipinski definition) is 3. The molecule has 3 atom stereocenters. The number of alkyl halides is 5. The molecule has 1 fully saturated rings. The minimum atomic E-state index is -4.58. The van der Waals surface area contributed by atoms with E-state index < -0.39 is 48.5 Å². The number of aromatic nitrogens is 3. The van der Waals surface area contributed by atoms with Crippen LogP contribution in [0.5, 0.6) is 0 Å². The van der Waals surface area contributed by atoms with E-state index in [1.54, 1.807) is 0 Å². The molecule has 3 rings (SSSR count). The number of aliphatic hydroxyl groups is 1. The zero-order valence-electron chi connectivity index (χ0n) is 15.5. The predicted molar refractivity (Wildman–Crippen MR) is 93.1 cm³/mol. The molecule has 12 heteroatoms. The molecule has 3 N–H and O–H groups in total. The molecular formula is C17H21F6N5O. The molecule has 0 bridgehead atoms. The van der Waals surface area contributed by atoms with Gasteiger partial charge in [0.05, 0.1) is 0 Å². The second-order valence-electron chi connectivity index (χ2n) is 7.39. The quantitative estimate of drug-likeness (QED) is 0.618. The van der Waals surface area contributed by atoms with Crippen LogP contribution in [0, 0.1) is 0 Å². The van der Waals surface area contributed by atoms with E-state index in [2.05, 4.69) is 25.6 Å². The molecule has 6 nitrogen and oxygen atoms in total. The molecule has 1 heterocycles. The smallest absolute Gasteiger partial charge is 0.386 e. The van der Waals surface area contributed by atoms with Crippen LogP contribution in [0.25, 0.3) is 5.57 Å². The Morgan fingerprint density at radius 3 is 2.45 bits per heavy atom. The Hall–Kier alpha value is -2.11. The first-order chi connectivity index (χ1) is 13.4. The standard InChI is InChI=1S/C17H21F6N5O/c1-8(17(21,22)23)24-14-26-13(10-3-2-4-11(29)12(10)18)27-15(28-14)25-9-5-6-16(19,20)7-9/h8-9,11,29H,2-7H2,1H3,(H2,24,25,26,27,28)/t8-,9?,11?/m1/s1. The lowest BCUT2D eigenvalue weighted by Gasteiger charge is -2.21. The topological polar surface area (TPSA) is 83.0 Å². The highest BCUT2D eigenvalue weighted by Gasteiger charge is 2.40. The van der Waals surface area contributed by atoms with Crippen LogP contribution in [0.1, 0.15) is 51.3 Å². The van der Waals surface area contributed by atoms with Crippen molar-refractivity contribution in [2.24, 2.45) is 0 Å². The third-order valence-corrected chi connectivity index (χ3v) is 4.96. The minimum absolute atomic E-state index is 0.0336. The van der Waals surface area contributed by atoms with Gasteiger partial charge in [0, 0.05) is 24.5 Å². The van der Waals surface area contributed by atoms with Gasteiger partial charge in [0.1, 0.15) is 18.0 Å². The van der Waals surface area contributed by atoms with E-state index in [-0.39, 0.29) is 43.0 Å². The van der Waals surface area contributed by atoms with E-state index in [9.17, 15) is 31.4 Å². The lowest BCUT2D eigenvalue weighted by Crippen LogP contribution is -2.34. The van der Waals surface area contributed by atoms with Crippen molar-refractivity contribution in [3.63, 3.8) is 0 Å². The van der Waals surface area contributed by atoms with Gasteiger partial charge in [0.25, 0.3) is 0 Å². The van der Waals surface area contributed by atoms with Gasteiger partial charge in [0.15, 0.2) is 5.82 Å². The lowest BCUT2D eigenvalue weighted by atomic mass is 9.96. The fraction of sp³-hybridized carbons (Fsp3) is 0.706. The maximum Gasteiger partial charge on any atom is 0.408 e. The lowest BCUT2D eigenvalue weighted by molar-refractivity contribution is -0.138. The molecule has 0 spiro atoms. The first kappa shape index (κ1) is 21.6. The van der Waals surface area contributed by atoms with E-state index in [1.807, 2.05) is 0 Å². The van der Waals surface area contributed by atoms with Crippen LogP contribution in [-0.2, 0) is 0 Å². The van der Waals surface area contributed by atoms with E-state index in [0.29, 0.717) is 6.42 Å². The molecule has 0 saturated heterocycles. The van der Waals surface area contributed by atoms with Crippen LogP contribution in [0.2, 0.25) is 0 Å². The summed E-state index contributed by atoms with van der Waals surface area (Å²) in [5, 5.41) is 14.5. The van der Waals surface area contributed by atoms with E-state index in [1.165, 1.54) is 0 Å². The summed E-state index contributed by atoms with van der Waals surface area (Å²) in [6.45, 7) is 0.859. The number of nitrogens with one attached hydrogen (secondary N) is 2. The zero-order valence-corrected chi connectivity index (χ0v) is 15.5. The van der Waals surface area contributed by atoms with Gasteiger partial charge in [-0.25, -0.2) is 13.2 Å². The summed E-state index contributed by atoms with van der Waals surface area (Å²) in [6.07, 6.45) is -5.76. The monoisotopic (exact) mass is 425 g/mol. The molecule has 2 unspecified atom stereocenters. The zero-order chi connectivity index (χ0) is 21.4. The SMILES string of the molecule is C[C@@H](Nc1nc(NC2CCC(F)(F)C2)nc(C2=C(F)C(O)CCC2)n1)C(F)(F)F. The van der Waals surface area contributed by atoms with Crippen molar-refractivity contribution < 1.29 is 31.4 Å². The van der Waals surface area contributed by atoms with Crippen molar-refractivity contribution in [2.45, 2.75) is 75.7 Å². The van der Waals surface area contributed by atoms with Crippen LogP contribution < -0.4 is 10.6 Å². The van der Waals surface area contributed by atoms with Crippen molar-refractivity contribution in [1.82, 2.24) is 15.0 Å². The highest BCUT2D eigenvalue weighted by molar-refractivity contribution is 5.65. The van der Waals surface area contributed by atoms with Crippen LogP contribution >= 0.6 is 0 Å². The van der Waals surface area contributed by atoms with Gasteiger partial charge in [0.2, 0.25) is 17.8 Å². The summed E-state index contributed by atoms with van der Waals surface area (Å²) in [6, 6.07) is -2.68. The minimum Gasteiger partial charge on any atom is -0.386 e. The van der Waals surface area contributed by atoms with Gasteiger partial charge in [-0.15, -0.1) is 0 Å². The first-order valence-electron chi connectivity index (χ1n) is 9.25. The predicted octanol–water partition coefficient (Wildman–Crippen LogP) is 4.06. The number of rotatable bonds is 5. The van der Waals surface area contributed by atoms with Gasteiger partial charge >= 0.3 is 6.18 Å². The molecule has 162 valence electrons. The van der Waals surface area contributed by atoms with Crippen molar-refractivity contribution >= 4 is 17.5 Å². The maximum atomic E-state index is 14.4. The Morgan fingerprint density at radius 2 is 1.83 bits per heavy atom. The molecule has 1 aromatic heterocycles. The second-order valence-corrected chi connectivity index (χ2v) is 7.39. The Balaban J connectivity index is 1.93. The van der Waals surface area contributed by atoms with Crippen molar-refractivity contribution in [1.29, 1.82) is 0 Å². The van der Waals surface area contributed by atoms with E-state index in [0.717, 1.165) is 6.92 Å². The summed E-state index contributed by atoms with van der Waals surface area (Å²) < 4.78 is 79.9. The highest BCUT2D eigenvalue weighted by atomic mass is 19.4. The van der Waals surface area contributed by atoms with Gasteiger partial charge in [-0.3, -0.25) is 0 Å². The van der Waals surface area contributed by atoms with Crippen LogP contribution in [-0.4, -0.2) is 50.3 Å². The molecule has 1 aromatic rings. The van der Waals surface area contributed by atoms with Crippen molar-refractivity contribution in [2.75, 3.05) is 10.6 Å². The average molecular weight is 425 g/mol. The molecular weight excluding hydrogens is 404 g/mol. The molecule has 29 heavy (non-hydrogen) atoms. The molecule has 0 aromatic carbocycles. The van der Waals surface area contributed by atoms with Gasteiger partial charge in [-0.2, -0.15) is 28.1 Å². The third kappa shape index (κ3) is 5.28. The van der Waals surface area contributed by atoms with Gasteiger partial charge in [-0.1, -0.05) is 0 Å². The fourth-order valence-electron chi connectivity index (χ4n) is 3.31. The Morgan fingerprint density at radius 1 is 1.14 bits per heavy atom. The molecule has 2 aliphatic rings. The number of anilines is 2. The largest absolute Gasteiger partial charge is 0.408 e. The summed E-state index contributed by atoms with van der Waals surface area (Å²) in [5.41, 5.74) is -0.0336. The highest BCUT2D eigenvalue weighted by Crippen LogP contribution is 2.37. The Kier molecular flexibility index (Phi) is 5.93. The van der Waals surface area contributed by atoms with Crippen LogP contribution in [0.4, 0.5) is 38.2 Å². The van der Waals surface area contributed by atoms with Crippen LogP contribution in [0.3, 0.4) is 0 Å². The number of aliphatic hydroxyl groups excluding tert-OH is 1. The molecule has 0 aliphatic heterocycles. The molecule has 1 saturated carbocycles. The number of allylic oxidation sites excluding steroid dienone is 1. The van der Waals surface area contributed by atoms with E-state index >= 15 is 0 Å². The molecule has 0 radical (unpaired) electrons. The molecule has 0 amide bonds. The summed E-state index contributed by atoms with van der Waals surface area (Å²) in [7, 11) is 0. The normalized spacial score (nSPS) is 25.8.